The summed E-state index contributed by atoms with van der Waals surface area (Å²) in [7, 11) is 1.62. The molecule has 1 aromatic carbocycles. The van der Waals surface area contributed by atoms with Crippen molar-refractivity contribution in [3.63, 3.8) is 0 Å². The Balaban J connectivity index is 1.43. The van der Waals surface area contributed by atoms with E-state index in [-0.39, 0.29) is 6.03 Å². The van der Waals surface area contributed by atoms with Crippen molar-refractivity contribution >= 4 is 6.03 Å². The standard InChI is InChI=1S/C18H22N4O5/c1-24-14-4-2-13(3-5-14)17-19-16(20-27-17)15-12-22(8-11-26-15)18(23)21-6-9-25-10-7-21/h2-5,15H,6-12H2,1H3. The summed E-state index contributed by atoms with van der Waals surface area (Å²) in [6, 6.07) is 7.38. The van der Waals surface area contributed by atoms with Gasteiger partial charge in [-0.25, -0.2) is 4.79 Å². The number of carbonyl (C=O) groups excluding carboxylic acids is 1. The molecule has 0 bridgehead atoms. The number of ether oxygens (including phenoxy) is 3. The third-order valence-electron chi connectivity index (χ3n) is 4.69. The summed E-state index contributed by atoms with van der Waals surface area (Å²) in [5.41, 5.74) is 0.798. The van der Waals surface area contributed by atoms with Crippen LogP contribution in [0.1, 0.15) is 11.9 Å². The topological polar surface area (TPSA) is 90.2 Å². The average Bonchev–Trinajstić information content (AvgIpc) is 3.24. The van der Waals surface area contributed by atoms with Crippen LogP contribution >= 0.6 is 0 Å². The summed E-state index contributed by atoms with van der Waals surface area (Å²) in [6.07, 6.45) is -0.403. The highest BCUT2D eigenvalue weighted by Gasteiger charge is 2.31. The smallest absolute Gasteiger partial charge is 0.320 e. The lowest BCUT2D eigenvalue weighted by Crippen LogP contribution is -2.52. The lowest BCUT2D eigenvalue weighted by atomic mass is 10.2. The summed E-state index contributed by atoms with van der Waals surface area (Å²) in [4.78, 5) is 20.7. The first-order valence-corrected chi connectivity index (χ1v) is 8.96. The highest BCUT2D eigenvalue weighted by atomic mass is 16.5. The molecule has 2 amide bonds. The number of rotatable bonds is 3. The minimum Gasteiger partial charge on any atom is -0.497 e. The number of urea groups is 1. The monoisotopic (exact) mass is 374 g/mol. The quantitative estimate of drug-likeness (QED) is 0.805. The first kappa shape index (κ1) is 17.7. The molecule has 27 heavy (non-hydrogen) atoms. The molecular formula is C18H22N4O5. The van der Waals surface area contributed by atoms with Crippen LogP contribution in [0.2, 0.25) is 0 Å². The van der Waals surface area contributed by atoms with Crippen molar-refractivity contribution in [2.24, 2.45) is 0 Å². The fraction of sp³-hybridized carbons (Fsp3) is 0.500. The van der Waals surface area contributed by atoms with Gasteiger partial charge in [0.1, 0.15) is 11.9 Å². The zero-order valence-electron chi connectivity index (χ0n) is 15.2. The highest BCUT2D eigenvalue weighted by Crippen LogP contribution is 2.25. The Morgan fingerprint density at radius 2 is 1.85 bits per heavy atom. The first-order valence-electron chi connectivity index (χ1n) is 8.96. The first-order chi connectivity index (χ1) is 13.2. The second kappa shape index (κ2) is 7.93. The summed E-state index contributed by atoms with van der Waals surface area (Å²) < 4.78 is 21.6. The molecule has 9 nitrogen and oxygen atoms in total. The Kier molecular flexibility index (Phi) is 5.21. The Labute approximate surface area is 156 Å². The molecule has 2 saturated heterocycles. The van der Waals surface area contributed by atoms with E-state index < -0.39 is 6.10 Å². The molecule has 2 aromatic rings. The van der Waals surface area contributed by atoms with E-state index in [9.17, 15) is 4.79 Å². The zero-order chi connectivity index (χ0) is 18.6. The maximum Gasteiger partial charge on any atom is 0.320 e. The molecule has 0 radical (unpaired) electrons. The molecule has 0 saturated carbocycles. The van der Waals surface area contributed by atoms with Crippen molar-refractivity contribution in [3.05, 3.63) is 30.1 Å². The van der Waals surface area contributed by atoms with Gasteiger partial charge in [0.05, 0.1) is 33.5 Å². The number of morpholine rings is 2. The second-order valence-corrected chi connectivity index (χ2v) is 6.37. The summed E-state index contributed by atoms with van der Waals surface area (Å²) in [6.45, 7) is 3.78. The molecular weight excluding hydrogens is 352 g/mol. The lowest BCUT2D eigenvalue weighted by molar-refractivity contribution is -0.0310. The molecule has 0 N–H and O–H groups in total. The molecule has 0 spiro atoms. The molecule has 1 atom stereocenters. The number of nitrogens with zero attached hydrogens (tertiary/aromatic N) is 4. The molecule has 1 aromatic heterocycles. The van der Waals surface area contributed by atoms with E-state index in [2.05, 4.69) is 10.1 Å². The maximum absolute atomic E-state index is 12.7. The number of hydrogen-bond donors (Lipinski definition) is 0. The van der Waals surface area contributed by atoms with Gasteiger partial charge in [-0.1, -0.05) is 5.16 Å². The molecule has 3 heterocycles. The van der Waals surface area contributed by atoms with Crippen LogP contribution in [0.4, 0.5) is 4.79 Å². The summed E-state index contributed by atoms with van der Waals surface area (Å²) >= 11 is 0. The van der Waals surface area contributed by atoms with Gasteiger partial charge in [-0.2, -0.15) is 4.98 Å². The number of carbonyl (C=O) groups is 1. The normalized spacial score (nSPS) is 20.6. The van der Waals surface area contributed by atoms with Gasteiger partial charge in [0, 0.05) is 25.2 Å². The van der Waals surface area contributed by atoms with E-state index in [0.717, 1.165) is 11.3 Å². The largest absolute Gasteiger partial charge is 0.497 e. The molecule has 2 aliphatic rings. The maximum atomic E-state index is 12.7. The van der Waals surface area contributed by atoms with Crippen LogP contribution < -0.4 is 4.74 Å². The number of methoxy groups -OCH3 is 1. The molecule has 2 fully saturated rings. The van der Waals surface area contributed by atoms with Gasteiger partial charge in [0.2, 0.25) is 5.82 Å². The molecule has 9 heteroatoms. The molecule has 1 unspecified atom stereocenters. The lowest BCUT2D eigenvalue weighted by Gasteiger charge is -2.36. The van der Waals surface area contributed by atoms with Crippen LogP contribution in [0.3, 0.4) is 0 Å². The van der Waals surface area contributed by atoms with E-state index in [1.165, 1.54) is 0 Å². The van der Waals surface area contributed by atoms with Crippen molar-refractivity contribution in [1.29, 1.82) is 0 Å². The van der Waals surface area contributed by atoms with Crippen molar-refractivity contribution < 1.29 is 23.5 Å². The number of amides is 2. The van der Waals surface area contributed by atoms with Crippen molar-refractivity contribution in [2.75, 3.05) is 53.1 Å². The van der Waals surface area contributed by atoms with E-state index in [1.54, 1.807) is 12.0 Å². The van der Waals surface area contributed by atoms with Crippen molar-refractivity contribution in [2.45, 2.75) is 6.10 Å². The van der Waals surface area contributed by atoms with Crippen LogP contribution in [0.25, 0.3) is 11.5 Å². The van der Waals surface area contributed by atoms with Gasteiger partial charge < -0.3 is 28.5 Å². The van der Waals surface area contributed by atoms with Crippen LogP contribution in [-0.2, 0) is 9.47 Å². The van der Waals surface area contributed by atoms with Gasteiger partial charge in [0.15, 0.2) is 0 Å². The van der Waals surface area contributed by atoms with E-state index in [0.29, 0.717) is 57.7 Å². The van der Waals surface area contributed by atoms with E-state index in [1.807, 2.05) is 29.2 Å². The van der Waals surface area contributed by atoms with Gasteiger partial charge in [0.25, 0.3) is 5.89 Å². The highest BCUT2D eigenvalue weighted by molar-refractivity contribution is 5.74. The van der Waals surface area contributed by atoms with E-state index >= 15 is 0 Å². The Hall–Kier alpha value is -2.65. The molecule has 0 aliphatic carbocycles. The molecule has 4 rings (SSSR count). The van der Waals surface area contributed by atoms with Gasteiger partial charge in [-0.05, 0) is 24.3 Å². The fourth-order valence-electron chi connectivity index (χ4n) is 3.15. The number of aromatic nitrogens is 2. The predicted octanol–water partition coefficient (Wildman–Crippen LogP) is 1.57. The zero-order valence-corrected chi connectivity index (χ0v) is 15.2. The molecule has 144 valence electrons. The number of hydrogen-bond acceptors (Lipinski definition) is 7. The van der Waals surface area contributed by atoms with Crippen molar-refractivity contribution in [1.82, 2.24) is 19.9 Å². The summed E-state index contributed by atoms with van der Waals surface area (Å²) in [5, 5.41) is 4.05. The van der Waals surface area contributed by atoms with Crippen molar-refractivity contribution in [3.8, 4) is 17.2 Å². The van der Waals surface area contributed by atoms with Crippen LogP contribution in [0.5, 0.6) is 5.75 Å². The fourth-order valence-corrected chi connectivity index (χ4v) is 3.15. The van der Waals surface area contributed by atoms with E-state index in [4.69, 9.17) is 18.7 Å². The SMILES string of the molecule is COc1ccc(-c2nc(C3CN(C(=O)N4CCOCC4)CCO3)no2)cc1. The predicted molar refractivity (Wildman–Crippen MR) is 94.3 cm³/mol. The van der Waals surface area contributed by atoms with Gasteiger partial charge >= 0.3 is 6.03 Å². The number of benzene rings is 1. The Morgan fingerprint density at radius 3 is 2.59 bits per heavy atom. The van der Waals surface area contributed by atoms with Crippen LogP contribution in [0, 0.1) is 0 Å². The molecule has 2 aliphatic heterocycles. The Bertz CT molecular complexity index is 772. The minimum atomic E-state index is -0.403. The van der Waals surface area contributed by atoms with Crippen LogP contribution in [0.15, 0.2) is 28.8 Å². The third kappa shape index (κ3) is 3.88. The Morgan fingerprint density at radius 1 is 1.11 bits per heavy atom. The summed E-state index contributed by atoms with van der Waals surface area (Å²) in [5.74, 6) is 1.61. The average molecular weight is 374 g/mol. The third-order valence-corrected chi connectivity index (χ3v) is 4.69. The van der Waals surface area contributed by atoms with Gasteiger partial charge in [-0.3, -0.25) is 0 Å². The van der Waals surface area contributed by atoms with Gasteiger partial charge in [-0.15, -0.1) is 0 Å². The van der Waals surface area contributed by atoms with Crippen LogP contribution in [-0.4, -0.2) is 79.1 Å². The minimum absolute atomic E-state index is 0.00507. The second-order valence-electron chi connectivity index (χ2n) is 6.37.